The number of aromatic nitrogens is 3. The summed E-state index contributed by atoms with van der Waals surface area (Å²) in [7, 11) is 0. The fraction of sp³-hybridized carbons (Fsp3) is 0.292. The highest BCUT2D eigenvalue weighted by Crippen LogP contribution is 2.32. The van der Waals surface area contributed by atoms with E-state index in [9.17, 15) is 9.90 Å². The quantitative estimate of drug-likeness (QED) is 0.431. The van der Waals surface area contributed by atoms with Gasteiger partial charge < -0.3 is 15.4 Å². The molecule has 164 valence electrons. The number of aliphatic carboxylic acids is 1. The number of para-hydroxylation sites is 1. The van der Waals surface area contributed by atoms with E-state index in [2.05, 4.69) is 44.8 Å². The second kappa shape index (κ2) is 8.44. The summed E-state index contributed by atoms with van der Waals surface area (Å²) in [5.74, 6) is -0.279. The first kappa shape index (κ1) is 20.8. The van der Waals surface area contributed by atoms with E-state index < -0.39 is 5.97 Å². The Bertz CT molecular complexity index is 1300. The van der Waals surface area contributed by atoms with Crippen molar-refractivity contribution in [3.8, 4) is 0 Å². The van der Waals surface area contributed by atoms with E-state index in [1.165, 1.54) is 0 Å². The molecule has 0 bridgehead atoms. The highest BCUT2D eigenvalue weighted by Gasteiger charge is 2.30. The third kappa shape index (κ3) is 3.69. The molecule has 3 N–H and O–H groups in total. The molecule has 5 rings (SSSR count). The molecule has 1 saturated heterocycles. The minimum atomic E-state index is -0.725. The van der Waals surface area contributed by atoms with Crippen LogP contribution in [-0.4, -0.2) is 49.4 Å². The van der Waals surface area contributed by atoms with Crippen LogP contribution in [0.25, 0.3) is 21.9 Å². The number of hydrogen-bond donors (Lipinski definition) is 2. The fourth-order valence-electron chi connectivity index (χ4n) is 4.60. The molecule has 0 unspecified atom stereocenters. The molecular weight excluding hydrogens is 422 g/mol. The number of anilines is 1. The Morgan fingerprint density at radius 1 is 1.12 bits per heavy atom. The van der Waals surface area contributed by atoms with Gasteiger partial charge in [0.2, 0.25) is 0 Å². The van der Waals surface area contributed by atoms with Gasteiger partial charge in [-0.25, -0.2) is 9.97 Å². The Morgan fingerprint density at radius 3 is 2.56 bits per heavy atom. The molecule has 0 radical (unpaired) electrons. The molecule has 3 heterocycles. The number of thioether (sulfide) groups is 1. The van der Waals surface area contributed by atoms with Crippen molar-refractivity contribution in [1.29, 1.82) is 0 Å². The maximum atomic E-state index is 11.5. The van der Waals surface area contributed by atoms with Gasteiger partial charge in [0.05, 0.1) is 17.6 Å². The van der Waals surface area contributed by atoms with Crippen LogP contribution in [0.3, 0.4) is 0 Å². The molecular formula is C24H25N5O2S. The molecule has 2 aromatic carbocycles. The monoisotopic (exact) mass is 447 g/mol. The molecule has 4 aromatic rings. The van der Waals surface area contributed by atoms with Crippen molar-refractivity contribution in [2.45, 2.75) is 37.1 Å². The fourth-order valence-corrected chi connectivity index (χ4v) is 5.16. The standard InChI is InChI=1S/C24H25N5O2S/c1-32-24-27-20-21(17-5-2-3-6-18(17)26-22(20)25)29(24)14-16-10-8-15(9-11-16)13-28-12-4-7-19(28)23(30)31/h2-3,5-6,8-11,19H,4,7,12-14H2,1H3,(H2,25,26)(H,30,31)/t19-/m1/s1. The van der Waals surface area contributed by atoms with Crippen molar-refractivity contribution in [3.63, 3.8) is 0 Å². The number of carboxylic acid groups (broad SMARTS) is 1. The lowest BCUT2D eigenvalue weighted by Crippen LogP contribution is -2.35. The van der Waals surface area contributed by atoms with Crippen molar-refractivity contribution in [2.24, 2.45) is 0 Å². The Morgan fingerprint density at radius 2 is 1.84 bits per heavy atom. The minimum absolute atomic E-state index is 0.372. The molecule has 1 atom stereocenters. The van der Waals surface area contributed by atoms with E-state index in [1.807, 2.05) is 24.5 Å². The summed E-state index contributed by atoms with van der Waals surface area (Å²) in [5.41, 5.74) is 11.1. The molecule has 8 heteroatoms. The number of pyridine rings is 1. The molecule has 0 aliphatic carbocycles. The van der Waals surface area contributed by atoms with E-state index in [0.717, 1.165) is 57.6 Å². The second-order valence-corrected chi connectivity index (χ2v) is 8.95. The molecule has 7 nitrogen and oxygen atoms in total. The maximum absolute atomic E-state index is 11.5. The third-order valence-corrected chi connectivity index (χ3v) is 6.83. The van der Waals surface area contributed by atoms with Crippen molar-refractivity contribution < 1.29 is 9.90 Å². The van der Waals surface area contributed by atoms with Crippen LogP contribution >= 0.6 is 11.8 Å². The molecule has 1 aliphatic heterocycles. The Balaban J connectivity index is 1.46. The van der Waals surface area contributed by atoms with E-state index >= 15 is 0 Å². The van der Waals surface area contributed by atoms with Gasteiger partial charge in [0.25, 0.3) is 0 Å². The van der Waals surface area contributed by atoms with Crippen molar-refractivity contribution in [2.75, 3.05) is 18.5 Å². The number of rotatable bonds is 6. The molecule has 1 aliphatic rings. The molecule has 1 fully saturated rings. The lowest BCUT2D eigenvalue weighted by Gasteiger charge is -2.21. The van der Waals surface area contributed by atoms with Gasteiger partial charge in [0, 0.05) is 11.9 Å². The van der Waals surface area contributed by atoms with Gasteiger partial charge in [-0.2, -0.15) is 0 Å². The van der Waals surface area contributed by atoms with Crippen LogP contribution in [0.1, 0.15) is 24.0 Å². The smallest absolute Gasteiger partial charge is 0.320 e. The number of hydrogen-bond acceptors (Lipinski definition) is 6. The first-order valence-corrected chi connectivity index (χ1v) is 11.9. The number of nitrogen functional groups attached to an aromatic ring is 1. The summed E-state index contributed by atoms with van der Waals surface area (Å²) < 4.78 is 2.20. The summed E-state index contributed by atoms with van der Waals surface area (Å²) in [6.45, 7) is 2.16. The van der Waals surface area contributed by atoms with Crippen LogP contribution in [-0.2, 0) is 17.9 Å². The van der Waals surface area contributed by atoms with E-state index in [0.29, 0.717) is 18.9 Å². The number of imidazole rings is 1. The van der Waals surface area contributed by atoms with Crippen LogP contribution in [0.2, 0.25) is 0 Å². The van der Waals surface area contributed by atoms with Crippen molar-refractivity contribution >= 4 is 45.5 Å². The van der Waals surface area contributed by atoms with Gasteiger partial charge in [0.1, 0.15) is 11.6 Å². The molecule has 0 saturated carbocycles. The number of nitrogens with two attached hydrogens (primary N) is 1. The Kier molecular flexibility index (Phi) is 5.48. The largest absolute Gasteiger partial charge is 0.480 e. The highest BCUT2D eigenvalue weighted by atomic mass is 32.2. The number of benzene rings is 2. The Labute approximate surface area is 190 Å². The highest BCUT2D eigenvalue weighted by molar-refractivity contribution is 7.98. The summed E-state index contributed by atoms with van der Waals surface area (Å²) >= 11 is 1.59. The van der Waals surface area contributed by atoms with Gasteiger partial charge in [-0.1, -0.05) is 54.2 Å². The van der Waals surface area contributed by atoms with Gasteiger partial charge in [-0.15, -0.1) is 0 Å². The summed E-state index contributed by atoms with van der Waals surface area (Å²) in [6, 6.07) is 16.1. The van der Waals surface area contributed by atoms with E-state index in [1.54, 1.807) is 11.8 Å². The molecule has 0 spiro atoms. The van der Waals surface area contributed by atoms with Gasteiger partial charge in [-0.3, -0.25) is 9.69 Å². The zero-order valence-electron chi connectivity index (χ0n) is 17.9. The van der Waals surface area contributed by atoms with Crippen LogP contribution in [0.15, 0.2) is 53.7 Å². The normalized spacial score (nSPS) is 16.8. The number of likely N-dealkylation sites (tertiary alicyclic amines) is 1. The Hall–Kier alpha value is -3.10. The average molecular weight is 448 g/mol. The van der Waals surface area contributed by atoms with E-state index in [4.69, 9.17) is 10.7 Å². The van der Waals surface area contributed by atoms with Crippen LogP contribution in [0.4, 0.5) is 5.82 Å². The molecule has 2 aromatic heterocycles. The number of nitrogens with zero attached hydrogens (tertiary/aromatic N) is 4. The predicted octanol–water partition coefficient (Wildman–Crippen LogP) is 3.99. The zero-order valence-corrected chi connectivity index (χ0v) is 18.7. The van der Waals surface area contributed by atoms with Crippen molar-refractivity contribution in [1.82, 2.24) is 19.4 Å². The van der Waals surface area contributed by atoms with Crippen LogP contribution < -0.4 is 5.73 Å². The topological polar surface area (TPSA) is 97.3 Å². The maximum Gasteiger partial charge on any atom is 0.320 e. The second-order valence-electron chi connectivity index (χ2n) is 8.18. The van der Waals surface area contributed by atoms with Gasteiger partial charge in [-0.05, 0) is 42.8 Å². The van der Waals surface area contributed by atoms with Crippen LogP contribution in [0, 0.1) is 0 Å². The first-order chi connectivity index (χ1) is 15.5. The SMILES string of the molecule is CSc1nc2c(N)nc3ccccc3c2n1Cc1ccc(CN2CCC[C@@H]2C(=O)O)cc1. The van der Waals surface area contributed by atoms with Crippen molar-refractivity contribution in [3.05, 3.63) is 59.7 Å². The van der Waals surface area contributed by atoms with E-state index in [-0.39, 0.29) is 6.04 Å². The summed E-state index contributed by atoms with van der Waals surface area (Å²) in [5, 5.41) is 11.3. The third-order valence-electron chi connectivity index (χ3n) is 6.16. The zero-order chi connectivity index (χ0) is 22.2. The number of fused-ring (bicyclic) bond motifs is 3. The van der Waals surface area contributed by atoms with Gasteiger partial charge in [0.15, 0.2) is 11.0 Å². The molecule has 0 amide bonds. The summed E-state index contributed by atoms with van der Waals surface area (Å²) in [6.07, 6.45) is 3.68. The number of carbonyl (C=O) groups is 1. The predicted molar refractivity (Wildman–Crippen MR) is 128 cm³/mol. The minimum Gasteiger partial charge on any atom is -0.480 e. The molecule has 32 heavy (non-hydrogen) atoms. The summed E-state index contributed by atoms with van der Waals surface area (Å²) in [4.78, 5) is 22.8. The number of carboxylic acids is 1. The lowest BCUT2D eigenvalue weighted by molar-refractivity contribution is -0.142. The lowest BCUT2D eigenvalue weighted by atomic mass is 10.1. The average Bonchev–Trinajstić information content (AvgIpc) is 3.40. The van der Waals surface area contributed by atoms with Gasteiger partial charge >= 0.3 is 5.97 Å². The van der Waals surface area contributed by atoms with Crippen LogP contribution in [0.5, 0.6) is 0 Å². The first-order valence-electron chi connectivity index (χ1n) is 10.7.